The maximum absolute atomic E-state index is 12.6. The third-order valence-electron chi connectivity index (χ3n) is 6.64. The topological polar surface area (TPSA) is 124 Å². The molecule has 10 nitrogen and oxygen atoms in total. The monoisotopic (exact) mass is 652 g/mol. The molecular formula is C37H48O10. The molecule has 2 aromatic carbocycles. The number of hydrogen-bond acceptors (Lipinski definition) is 10. The van der Waals surface area contributed by atoms with Gasteiger partial charge in [0.15, 0.2) is 0 Å². The van der Waals surface area contributed by atoms with Crippen LogP contribution >= 0.6 is 0 Å². The van der Waals surface area contributed by atoms with Crippen LogP contribution < -0.4 is 9.47 Å². The van der Waals surface area contributed by atoms with Crippen molar-refractivity contribution in [3.63, 3.8) is 0 Å². The van der Waals surface area contributed by atoms with E-state index in [2.05, 4.69) is 0 Å². The van der Waals surface area contributed by atoms with E-state index >= 15 is 0 Å². The maximum atomic E-state index is 12.6. The molecule has 0 saturated carbocycles. The lowest BCUT2D eigenvalue weighted by Crippen LogP contribution is -2.19. The standard InChI is InChI=1S/C37H48O10/c1-5-9-21-42-34(38)32(35(39)43-22-10-6-2)25-28-13-17-30(18-14-28)46-27-47-31-19-15-29(16-20-31)26-33(36(40)44-23-11-7-3)37(41)45-24-12-8-4/h13-20,25-26H,5-12,21-24,27H2,1-4H3. The predicted octanol–water partition coefficient (Wildman–Crippen LogP) is 7.24. The number of carbonyl (C=O) groups is 4. The molecule has 0 aliphatic carbocycles. The van der Waals surface area contributed by atoms with Crippen LogP contribution in [0.15, 0.2) is 59.7 Å². The number of esters is 4. The number of rotatable bonds is 22. The number of benzene rings is 2. The van der Waals surface area contributed by atoms with Gasteiger partial charge in [-0.15, -0.1) is 0 Å². The Morgan fingerprint density at radius 1 is 0.468 bits per heavy atom. The number of hydrogen-bond donors (Lipinski definition) is 0. The van der Waals surface area contributed by atoms with E-state index < -0.39 is 23.9 Å². The lowest BCUT2D eigenvalue weighted by Gasteiger charge is -2.10. The zero-order valence-electron chi connectivity index (χ0n) is 28.0. The summed E-state index contributed by atoms with van der Waals surface area (Å²) in [4.78, 5) is 50.4. The van der Waals surface area contributed by atoms with Gasteiger partial charge in [-0.1, -0.05) is 77.6 Å². The highest BCUT2D eigenvalue weighted by Gasteiger charge is 2.22. The third kappa shape index (κ3) is 15.0. The molecule has 0 bridgehead atoms. The zero-order chi connectivity index (χ0) is 34.3. The van der Waals surface area contributed by atoms with Crippen molar-refractivity contribution in [2.45, 2.75) is 79.1 Å². The molecule has 0 atom stereocenters. The summed E-state index contributed by atoms with van der Waals surface area (Å²) in [7, 11) is 0. The summed E-state index contributed by atoms with van der Waals surface area (Å²) in [5.41, 5.74) is 0.863. The first-order valence-electron chi connectivity index (χ1n) is 16.4. The number of ether oxygens (including phenoxy) is 6. The van der Waals surface area contributed by atoms with Gasteiger partial charge in [-0.05, 0) is 73.2 Å². The van der Waals surface area contributed by atoms with E-state index in [9.17, 15) is 19.2 Å². The van der Waals surface area contributed by atoms with Crippen LogP contribution in [0.5, 0.6) is 11.5 Å². The summed E-state index contributed by atoms with van der Waals surface area (Å²) in [5, 5.41) is 0. The molecule has 0 aliphatic heterocycles. The molecule has 0 spiro atoms. The molecule has 0 aliphatic rings. The van der Waals surface area contributed by atoms with E-state index in [1.807, 2.05) is 27.7 Å². The molecule has 0 N–H and O–H groups in total. The minimum absolute atomic E-state index is 0.0953. The zero-order valence-corrected chi connectivity index (χ0v) is 28.0. The van der Waals surface area contributed by atoms with Gasteiger partial charge < -0.3 is 28.4 Å². The van der Waals surface area contributed by atoms with Gasteiger partial charge in [-0.25, -0.2) is 19.2 Å². The molecule has 47 heavy (non-hydrogen) atoms. The molecule has 0 unspecified atom stereocenters. The van der Waals surface area contributed by atoms with Crippen molar-refractivity contribution in [3.05, 3.63) is 70.8 Å². The Bertz CT molecular complexity index is 1160. The van der Waals surface area contributed by atoms with Gasteiger partial charge >= 0.3 is 23.9 Å². The predicted molar refractivity (Wildman–Crippen MR) is 178 cm³/mol. The molecule has 10 heteroatoms. The van der Waals surface area contributed by atoms with Crippen molar-refractivity contribution < 1.29 is 47.6 Å². The van der Waals surface area contributed by atoms with Crippen LogP contribution in [-0.2, 0) is 38.1 Å². The van der Waals surface area contributed by atoms with Crippen LogP contribution in [0.3, 0.4) is 0 Å². The van der Waals surface area contributed by atoms with Crippen LogP contribution in [0.25, 0.3) is 12.2 Å². The molecule has 0 heterocycles. The first-order valence-corrected chi connectivity index (χ1v) is 16.4. The summed E-state index contributed by atoms with van der Waals surface area (Å²) in [5.74, 6) is -1.86. The van der Waals surface area contributed by atoms with Crippen molar-refractivity contribution >= 4 is 36.0 Å². The molecular weight excluding hydrogens is 604 g/mol. The van der Waals surface area contributed by atoms with Gasteiger partial charge in [-0.3, -0.25) is 0 Å². The lowest BCUT2D eigenvalue weighted by molar-refractivity contribution is -0.148. The van der Waals surface area contributed by atoms with Gasteiger partial charge in [0.25, 0.3) is 0 Å². The lowest BCUT2D eigenvalue weighted by atomic mass is 10.1. The molecule has 256 valence electrons. The average molecular weight is 653 g/mol. The van der Waals surface area contributed by atoms with E-state index in [1.165, 1.54) is 12.2 Å². The summed E-state index contributed by atoms with van der Waals surface area (Å²) >= 11 is 0. The van der Waals surface area contributed by atoms with Gasteiger partial charge in [0, 0.05) is 0 Å². The fourth-order valence-electron chi connectivity index (χ4n) is 3.77. The molecule has 0 aromatic heterocycles. The first-order chi connectivity index (χ1) is 22.8. The van der Waals surface area contributed by atoms with Gasteiger partial charge in [0.2, 0.25) is 6.79 Å². The highest BCUT2D eigenvalue weighted by molar-refractivity contribution is 6.18. The Labute approximate surface area is 278 Å². The van der Waals surface area contributed by atoms with Crippen LogP contribution in [-0.4, -0.2) is 57.1 Å². The van der Waals surface area contributed by atoms with Crippen molar-refractivity contribution in [1.29, 1.82) is 0 Å². The maximum Gasteiger partial charge on any atom is 0.345 e. The fourth-order valence-corrected chi connectivity index (χ4v) is 3.77. The number of carbonyl (C=O) groups excluding carboxylic acids is 4. The smallest absolute Gasteiger partial charge is 0.345 e. The highest BCUT2D eigenvalue weighted by atomic mass is 16.7. The minimum atomic E-state index is -0.717. The normalized spacial score (nSPS) is 10.3. The Kier molecular flexibility index (Phi) is 18.7. The molecule has 0 fully saturated rings. The van der Waals surface area contributed by atoms with Gasteiger partial charge in [-0.2, -0.15) is 0 Å². The first kappa shape index (κ1) is 38.6. The van der Waals surface area contributed by atoms with Crippen LogP contribution in [0.1, 0.15) is 90.2 Å². The SMILES string of the molecule is CCCCOC(=O)C(=Cc1ccc(OCOc2ccc(C=C(C(=O)OCCCC)C(=O)OCCCC)cc2)cc1)C(=O)OCCCC. The van der Waals surface area contributed by atoms with Crippen molar-refractivity contribution in [2.75, 3.05) is 33.2 Å². The summed E-state index contributed by atoms with van der Waals surface area (Å²) in [6.07, 6.45) is 9.12. The van der Waals surface area contributed by atoms with Gasteiger partial charge in [0.1, 0.15) is 22.6 Å². The van der Waals surface area contributed by atoms with E-state index in [1.54, 1.807) is 48.5 Å². The van der Waals surface area contributed by atoms with Crippen molar-refractivity contribution in [1.82, 2.24) is 0 Å². The van der Waals surface area contributed by atoms with E-state index in [0.29, 0.717) is 48.3 Å². The molecule has 0 saturated heterocycles. The van der Waals surface area contributed by atoms with E-state index in [4.69, 9.17) is 28.4 Å². The summed E-state index contributed by atoms with van der Waals surface area (Å²) < 4.78 is 32.4. The Morgan fingerprint density at radius 2 is 0.745 bits per heavy atom. The van der Waals surface area contributed by atoms with E-state index in [-0.39, 0.29) is 44.4 Å². The summed E-state index contributed by atoms with van der Waals surface area (Å²) in [6, 6.07) is 13.6. The average Bonchev–Trinajstić information content (AvgIpc) is 3.07. The van der Waals surface area contributed by atoms with E-state index in [0.717, 1.165) is 25.7 Å². The van der Waals surface area contributed by atoms with Crippen molar-refractivity contribution in [2.24, 2.45) is 0 Å². The Hall–Kier alpha value is -4.60. The largest absolute Gasteiger partial charge is 0.462 e. The number of unbranched alkanes of at least 4 members (excludes halogenated alkanes) is 4. The second-order valence-electron chi connectivity index (χ2n) is 10.6. The van der Waals surface area contributed by atoms with Crippen LogP contribution in [0.4, 0.5) is 0 Å². The highest BCUT2D eigenvalue weighted by Crippen LogP contribution is 2.19. The second kappa shape index (κ2) is 22.8. The minimum Gasteiger partial charge on any atom is -0.462 e. The second-order valence-corrected chi connectivity index (χ2v) is 10.6. The molecule has 0 amide bonds. The Balaban J connectivity index is 2.02. The van der Waals surface area contributed by atoms with Crippen LogP contribution in [0.2, 0.25) is 0 Å². The molecule has 0 radical (unpaired) electrons. The summed E-state index contributed by atoms with van der Waals surface area (Å²) in [6.45, 7) is 8.73. The van der Waals surface area contributed by atoms with Gasteiger partial charge in [0.05, 0.1) is 26.4 Å². The third-order valence-corrected chi connectivity index (χ3v) is 6.64. The van der Waals surface area contributed by atoms with Crippen molar-refractivity contribution in [3.8, 4) is 11.5 Å². The fraction of sp³-hybridized carbons (Fsp3) is 0.459. The molecule has 2 rings (SSSR count). The quantitative estimate of drug-likeness (QED) is 0.0245. The molecule has 2 aromatic rings. The van der Waals surface area contributed by atoms with Crippen LogP contribution in [0, 0.1) is 0 Å². The Morgan fingerprint density at radius 3 is 1.00 bits per heavy atom.